The molecule has 2 atom stereocenters. The Morgan fingerprint density at radius 3 is 2.59 bits per heavy atom. The van der Waals surface area contributed by atoms with Gasteiger partial charge in [0.1, 0.15) is 0 Å². The summed E-state index contributed by atoms with van der Waals surface area (Å²) >= 11 is 0. The summed E-state index contributed by atoms with van der Waals surface area (Å²) < 4.78 is 27.2. The molecule has 2 heterocycles. The zero-order valence-corrected chi connectivity index (χ0v) is 16.7. The Morgan fingerprint density at radius 1 is 1.14 bits per heavy atom. The van der Waals surface area contributed by atoms with Crippen molar-refractivity contribution in [2.45, 2.75) is 37.8 Å². The van der Waals surface area contributed by atoms with E-state index in [1.54, 1.807) is 6.92 Å². The van der Waals surface area contributed by atoms with Gasteiger partial charge in [-0.2, -0.15) is 0 Å². The van der Waals surface area contributed by atoms with E-state index in [0.29, 0.717) is 0 Å². The van der Waals surface area contributed by atoms with Crippen LogP contribution in [0.25, 0.3) is 11.1 Å². The molecular formula is C23H27F2N3O. The van der Waals surface area contributed by atoms with Crippen LogP contribution in [0.4, 0.5) is 14.5 Å². The smallest absolute Gasteiger partial charge is 0.267 e. The second-order valence-electron chi connectivity index (χ2n) is 8.21. The van der Waals surface area contributed by atoms with Crippen LogP contribution in [0.1, 0.15) is 19.8 Å². The minimum atomic E-state index is -2.76. The van der Waals surface area contributed by atoms with Crippen LogP contribution in [-0.4, -0.2) is 59.9 Å². The highest BCUT2D eigenvalue weighted by Crippen LogP contribution is 2.32. The molecule has 0 spiro atoms. The summed E-state index contributed by atoms with van der Waals surface area (Å²) in [5.74, 6) is -2.95. The van der Waals surface area contributed by atoms with Gasteiger partial charge in [0, 0.05) is 42.8 Å². The van der Waals surface area contributed by atoms with Crippen molar-refractivity contribution in [3.63, 3.8) is 0 Å². The zero-order chi connectivity index (χ0) is 20.4. The third kappa shape index (κ3) is 4.58. The number of nitrogens with zero attached hydrogens (tertiary/aromatic N) is 2. The molecule has 154 valence electrons. The summed E-state index contributed by atoms with van der Waals surface area (Å²) in [6.07, 6.45) is 0.682. The highest BCUT2D eigenvalue weighted by Gasteiger charge is 2.45. The number of likely N-dealkylation sites (tertiary alicyclic amines) is 2. The van der Waals surface area contributed by atoms with E-state index < -0.39 is 18.5 Å². The van der Waals surface area contributed by atoms with E-state index in [9.17, 15) is 13.6 Å². The van der Waals surface area contributed by atoms with Gasteiger partial charge in [-0.15, -0.1) is 0 Å². The molecule has 1 N–H and O–H groups in total. The third-order valence-electron chi connectivity index (χ3n) is 5.85. The number of halogens is 2. The minimum Gasteiger partial charge on any atom is -0.380 e. The maximum atomic E-state index is 13.6. The lowest BCUT2D eigenvalue weighted by Gasteiger charge is -2.24. The van der Waals surface area contributed by atoms with Crippen molar-refractivity contribution in [2.24, 2.45) is 0 Å². The van der Waals surface area contributed by atoms with Crippen LogP contribution in [-0.2, 0) is 4.79 Å². The maximum absolute atomic E-state index is 13.6. The molecule has 2 saturated heterocycles. The summed E-state index contributed by atoms with van der Waals surface area (Å²) in [6.45, 7) is 2.97. The molecule has 0 aliphatic carbocycles. The average molecular weight is 399 g/mol. The number of alkyl halides is 2. The summed E-state index contributed by atoms with van der Waals surface area (Å²) in [6, 6.07) is 18.3. The highest BCUT2D eigenvalue weighted by atomic mass is 19.3. The van der Waals surface area contributed by atoms with Gasteiger partial charge in [-0.25, -0.2) is 8.78 Å². The fourth-order valence-electron chi connectivity index (χ4n) is 4.42. The Bertz CT molecular complexity index is 858. The summed E-state index contributed by atoms with van der Waals surface area (Å²) in [5.41, 5.74) is 3.38. The number of para-hydroxylation sites is 1. The second-order valence-corrected chi connectivity index (χ2v) is 8.21. The molecule has 4 rings (SSSR count). The van der Waals surface area contributed by atoms with Gasteiger partial charge in [-0.1, -0.05) is 48.5 Å². The quantitative estimate of drug-likeness (QED) is 0.822. The van der Waals surface area contributed by atoms with Crippen molar-refractivity contribution in [1.82, 2.24) is 9.80 Å². The number of nitrogens with one attached hydrogen (secondary N) is 1. The van der Waals surface area contributed by atoms with Crippen LogP contribution in [0.5, 0.6) is 0 Å². The Balaban J connectivity index is 1.36. The lowest BCUT2D eigenvalue weighted by molar-refractivity contribution is -0.134. The summed E-state index contributed by atoms with van der Waals surface area (Å²) in [5, 5.41) is 3.62. The molecule has 2 aromatic rings. The van der Waals surface area contributed by atoms with Crippen molar-refractivity contribution >= 4 is 11.6 Å². The number of carbonyl (C=O) groups is 1. The summed E-state index contributed by atoms with van der Waals surface area (Å²) in [7, 11) is 0. The maximum Gasteiger partial charge on any atom is 0.267 e. The van der Waals surface area contributed by atoms with Crippen molar-refractivity contribution in [1.29, 1.82) is 0 Å². The van der Waals surface area contributed by atoms with Gasteiger partial charge in [0.25, 0.3) is 5.92 Å². The van der Waals surface area contributed by atoms with Crippen LogP contribution < -0.4 is 5.32 Å². The Morgan fingerprint density at radius 2 is 1.86 bits per heavy atom. The fourth-order valence-corrected chi connectivity index (χ4v) is 4.42. The highest BCUT2D eigenvalue weighted by molar-refractivity contribution is 5.79. The number of amides is 1. The molecule has 1 amide bonds. The van der Waals surface area contributed by atoms with Crippen LogP contribution in [0.2, 0.25) is 0 Å². The topological polar surface area (TPSA) is 35.6 Å². The first-order valence-electron chi connectivity index (χ1n) is 10.2. The summed E-state index contributed by atoms with van der Waals surface area (Å²) in [4.78, 5) is 15.9. The first-order valence-corrected chi connectivity index (χ1v) is 10.2. The molecule has 0 unspecified atom stereocenters. The Hall–Kier alpha value is -2.47. The van der Waals surface area contributed by atoms with Gasteiger partial charge in [0.15, 0.2) is 0 Å². The normalized spacial score (nSPS) is 24.0. The third-order valence-corrected chi connectivity index (χ3v) is 5.85. The molecule has 6 heteroatoms. The van der Waals surface area contributed by atoms with E-state index >= 15 is 0 Å². The van der Waals surface area contributed by atoms with Crippen molar-refractivity contribution in [3.05, 3.63) is 54.6 Å². The number of carbonyl (C=O) groups excluding carboxylic acids is 1. The predicted octanol–water partition coefficient (Wildman–Crippen LogP) is 4.10. The average Bonchev–Trinajstić information content (AvgIpc) is 3.25. The molecule has 0 saturated carbocycles. The van der Waals surface area contributed by atoms with E-state index in [4.69, 9.17) is 0 Å². The van der Waals surface area contributed by atoms with Gasteiger partial charge >= 0.3 is 0 Å². The molecule has 0 bridgehead atoms. The lowest BCUT2D eigenvalue weighted by Crippen LogP contribution is -2.42. The molecule has 0 radical (unpaired) electrons. The molecule has 2 fully saturated rings. The monoisotopic (exact) mass is 399 g/mol. The molecule has 2 aromatic carbocycles. The number of benzene rings is 2. The van der Waals surface area contributed by atoms with Crippen LogP contribution >= 0.6 is 0 Å². The van der Waals surface area contributed by atoms with Gasteiger partial charge in [0.05, 0.1) is 13.1 Å². The number of anilines is 1. The van der Waals surface area contributed by atoms with Crippen molar-refractivity contribution in [2.75, 3.05) is 31.5 Å². The predicted molar refractivity (Wildman–Crippen MR) is 111 cm³/mol. The molecule has 4 nitrogen and oxygen atoms in total. The molecule has 2 aliphatic rings. The molecule has 2 aliphatic heterocycles. The Labute approximate surface area is 170 Å². The van der Waals surface area contributed by atoms with Gasteiger partial charge < -0.3 is 10.2 Å². The van der Waals surface area contributed by atoms with Crippen molar-refractivity contribution < 1.29 is 13.6 Å². The SMILES string of the molecule is C[C@@H]1CC(F)(F)CN1C(=O)CN1CC[C@H](Nc2ccccc2-c2ccccc2)C1. The van der Waals surface area contributed by atoms with Gasteiger partial charge in [-0.05, 0) is 25.0 Å². The Kier molecular flexibility index (Phi) is 5.54. The van der Waals surface area contributed by atoms with E-state index in [1.807, 2.05) is 30.3 Å². The largest absolute Gasteiger partial charge is 0.380 e. The zero-order valence-electron chi connectivity index (χ0n) is 16.7. The van der Waals surface area contributed by atoms with E-state index in [0.717, 1.165) is 36.3 Å². The van der Waals surface area contributed by atoms with Gasteiger partial charge in [0.2, 0.25) is 5.91 Å². The molecule has 29 heavy (non-hydrogen) atoms. The van der Waals surface area contributed by atoms with Gasteiger partial charge in [-0.3, -0.25) is 9.69 Å². The van der Waals surface area contributed by atoms with E-state index in [2.05, 4.69) is 34.5 Å². The number of hydrogen-bond donors (Lipinski definition) is 1. The van der Waals surface area contributed by atoms with E-state index in [1.165, 1.54) is 4.90 Å². The first kappa shape index (κ1) is 19.8. The number of hydrogen-bond acceptors (Lipinski definition) is 3. The number of rotatable bonds is 5. The second kappa shape index (κ2) is 8.11. The molecular weight excluding hydrogens is 372 g/mol. The first-order chi connectivity index (χ1) is 13.9. The fraction of sp³-hybridized carbons (Fsp3) is 0.435. The minimum absolute atomic E-state index is 0.194. The van der Waals surface area contributed by atoms with Crippen LogP contribution in [0.3, 0.4) is 0 Å². The van der Waals surface area contributed by atoms with Crippen LogP contribution in [0, 0.1) is 0 Å². The lowest BCUT2D eigenvalue weighted by atomic mass is 10.0. The van der Waals surface area contributed by atoms with Crippen molar-refractivity contribution in [3.8, 4) is 11.1 Å². The van der Waals surface area contributed by atoms with Crippen LogP contribution in [0.15, 0.2) is 54.6 Å². The molecule has 0 aromatic heterocycles. The van der Waals surface area contributed by atoms with E-state index in [-0.39, 0.29) is 24.9 Å². The standard InChI is InChI=1S/C23H27F2N3O/c1-17-13-23(24,25)16-28(17)22(29)15-27-12-11-19(14-27)26-21-10-6-5-9-20(21)18-7-3-2-4-8-18/h2-10,17,19,26H,11-16H2,1H3/t17-,19+/m1/s1.